The second kappa shape index (κ2) is 7.01. The molecule has 6 heteroatoms. The number of hydrogen-bond donors (Lipinski definition) is 2. The predicted octanol–water partition coefficient (Wildman–Crippen LogP) is 2.58. The summed E-state index contributed by atoms with van der Waals surface area (Å²) in [6.07, 6.45) is 1.60. The Morgan fingerprint density at radius 2 is 2.25 bits per heavy atom. The molecular weight excluding hydrogens is 278 g/mol. The van der Waals surface area contributed by atoms with Gasteiger partial charge in [-0.25, -0.2) is 9.78 Å². The largest absolute Gasteiger partial charge is 0.444 e. The Morgan fingerprint density at radius 1 is 1.55 bits per heavy atom. The summed E-state index contributed by atoms with van der Waals surface area (Å²) in [7, 11) is 0. The topological polar surface area (TPSA) is 77.2 Å². The summed E-state index contributed by atoms with van der Waals surface area (Å²) < 4.78 is 5.09. The Bertz CT molecular complexity index is 542. The Morgan fingerprint density at radius 3 is 2.85 bits per heavy atom. The summed E-state index contributed by atoms with van der Waals surface area (Å²) in [4.78, 5) is 15.2. The molecule has 1 heterocycles. The quantitative estimate of drug-likeness (QED) is 0.499. The summed E-state index contributed by atoms with van der Waals surface area (Å²) in [6.45, 7) is 5.84. The second-order valence-corrected chi connectivity index (χ2v) is 5.44. The highest BCUT2D eigenvalue weighted by Gasteiger charge is 2.15. The molecule has 108 valence electrons. The Labute approximate surface area is 123 Å². The van der Waals surface area contributed by atoms with Crippen LogP contribution in [0.15, 0.2) is 12.3 Å². The molecule has 1 aromatic rings. The lowest BCUT2D eigenvalue weighted by Gasteiger charge is -2.19. The van der Waals surface area contributed by atoms with E-state index in [1.54, 1.807) is 12.3 Å². The van der Waals surface area contributed by atoms with Gasteiger partial charge in [0.1, 0.15) is 5.60 Å². The zero-order valence-electron chi connectivity index (χ0n) is 11.8. The van der Waals surface area contributed by atoms with Crippen molar-refractivity contribution in [3.8, 4) is 11.8 Å². The first-order chi connectivity index (χ1) is 9.28. The SMILES string of the molecule is CC(C)(C)OC(=O)NCCC#Cc1cnc(Cl)c(N)c1. The Hall–Kier alpha value is -1.93. The average Bonchev–Trinajstić information content (AvgIpc) is 2.31. The van der Waals surface area contributed by atoms with Crippen LogP contribution < -0.4 is 11.1 Å². The normalized spacial score (nSPS) is 10.4. The molecule has 0 aromatic carbocycles. The lowest BCUT2D eigenvalue weighted by atomic mass is 10.2. The van der Waals surface area contributed by atoms with Crippen molar-refractivity contribution in [1.29, 1.82) is 0 Å². The monoisotopic (exact) mass is 295 g/mol. The van der Waals surface area contributed by atoms with E-state index in [-0.39, 0.29) is 5.15 Å². The van der Waals surface area contributed by atoms with Gasteiger partial charge >= 0.3 is 6.09 Å². The van der Waals surface area contributed by atoms with Gasteiger partial charge in [-0.1, -0.05) is 23.4 Å². The molecule has 20 heavy (non-hydrogen) atoms. The highest BCUT2D eigenvalue weighted by atomic mass is 35.5. The van der Waals surface area contributed by atoms with Gasteiger partial charge in [-0.3, -0.25) is 0 Å². The number of aromatic nitrogens is 1. The van der Waals surface area contributed by atoms with Crippen molar-refractivity contribution in [2.75, 3.05) is 12.3 Å². The van der Waals surface area contributed by atoms with Crippen molar-refractivity contribution < 1.29 is 9.53 Å². The molecule has 1 amide bonds. The van der Waals surface area contributed by atoms with Gasteiger partial charge in [0.25, 0.3) is 0 Å². The van der Waals surface area contributed by atoms with Crippen LogP contribution in [0.2, 0.25) is 5.15 Å². The zero-order valence-corrected chi connectivity index (χ0v) is 12.5. The van der Waals surface area contributed by atoms with Crippen LogP contribution in [0.4, 0.5) is 10.5 Å². The minimum absolute atomic E-state index is 0.266. The maximum atomic E-state index is 11.4. The number of nitrogen functional groups attached to an aromatic ring is 1. The first-order valence-corrected chi connectivity index (χ1v) is 6.52. The van der Waals surface area contributed by atoms with Gasteiger partial charge in [0.15, 0.2) is 5.15 Å². The zero-order chi connectivity index (χ0) is 15.2. The van der Waals surface area contributed by atoms with Crippen LogP contribution in [0.5, 0.6) is 0 Å². The number of ether oxygens (including phenoxy) is 1. The van der Waals surface area contributed by atoms with Crippen molar-refractivity contribution in [2.24, 2.45) is 0 Å². The molecule has 0 radical (unpaired) electrons. The first-order valence-electron chi connectivity index (χ1n) is 6.14. The van der Waals surface area contributed by atoms with E-state index in [2.05, 4.69) is 22.1 Å². The third-order valence-corrected chi connectivity index (χ3v) is 2.33. The fourth-order valence-corrected chi connectivity index (χ4v) is 1.34. The molecule has 1 aromatic heterocycles. The van der Waals surface area contributed by atoms with Crippen molar-refractivity contribution in [1.82, 2.24) is 10.3 Å². The molecule has 0 aliphatic rings. The molecular formula is C14H18ClN3O2. The van der Waals surface area contributed by atoms with Crippen LogP contribution in [-0.2, 0) is 4.74 Å². The molecule has 1 rings (SSSR count). The minimum atomic E-state index is -0.498. The van der Waals surface area contributed by atoms with Crippen LogP contribution in [0, 0.1) is 11.8 Å². The lowest BCUT2D eigenvalue weighted by molar-refractivity contribution is 0.0529. The van der Waals surface area contributed by atoms with E-state index in [1.807, 2.05) is 20.8 Å². The summed E-state index contributed by atoms with van der Waals surface area (Å²) in [5.41, 5.74) is 6.19. The molecule has 0 fully saturated rings. The number of alkyl carbamates (subject to hydrolysis) is 1. The number of nitrogens with one attached hydrogen (secondary N) is 1. The van der Waals surface area contributed by atoms with E-state index in [9.17, 15) is 4.79 Å². The van der Waals surface area contributed by atoms with E-state index in [0.29, 0.717) is 24.2 Å². The number of rotatable bonds is 2. The number of hydrogen-bond acceptors (Lipinski definition) is 4. The minimum Gasteiger partial charge on any atom is -0.444 e. The van der Waals surface area contributed by atoms with Crippen LogP contribution in [0.3, 0.4) is 0 Å². The van der Waals surface area contributed by atoms with Crippen LogP contribution in [-0.4, -0.2) is 23.2 Å². The van der Waals surface area contributed by atoms with Crippen LogP contribution in [0.1, 0.15) is 32.8 Å². The molecule has 0 unspecified atom stereocenters. The Kier molecular flexibility index (Phi) is 5.66. The summed E-state index contributed by atoms with van der Waals surface area (Å²) in [6, 6.07) is 1.66. The van der Waals surface area contributed by atoms with Crippen LogP contribution in [0.25, 0.3) is 0 Å². The fraction of sp³-hybridized carbons (Fsp3) is 0.429. The first kappa shape index (κ1) is 16.1. The highest BCUT2D eigenvalue weighted by Crippen LogP contribution is 2.15. The highest BCUT2D eigenvalue weighted by molar-refractivity contribution is 6.31. The number of pyridine rings is 1. The number of carbonyl (C=O) groups is 1. The molecule has 0 aliphatic carbocycles. The maximum absolute atomic E-state index is 11.4. The molecule has 0 atom stereocenters. The van der Waals surface area contributed by atoms with Crippen molar-refractivity contribution in [3.05, 3.63) is 23.0 Å². The van der Waals surface area contributed by atoms with E-state index < -0.39 is 11.7 Å². The van der Waals surface area contributed by atoms with Gasteiger partial charge in [0, 0.05) is 24.7 Å². The maximum Gasteiger partial charge on any atom is 0.407 e. The molecule has 0 spiro atoms. The Balaban J connectivity index is 2.36. The van der Waals surface area contributed by atoms with Crippen molar-refractivity contribution >= 4 is 23.4 Å². The smallest absolute Gasteiger partial charge is 0.407 e. The summed E-state index contributed by atoms with van der Waals surface area (Å²) in [5, 5.41) is 2.89. The number of anilines is 1. The van der Waals surface area contributed by atoms with Gasteiger partial charge in [0.2, 0.25) is 0 Å². The van der Waals surface area contributed by atoms with Gasteiger partial charge in [-0.05, 0) is 26.8 Å². The van der Waals surface area contributed by atoms with E-state index in [1.165, 1.54) is 0 Å². The van der Waals surface area contributed by atoms with Crippen LogP contribution >= 0.6 is 11.6 Å². The lowest BCUT2D eigenvalue weighted by Crippen LogP contribution is -2.32. The number of carbonyl (C=O) groups excluding carboxylic acids is 1. The number of amides is 1. The standard InChI is InChI=1S/C14H18ClN3O2/c1-14(2,3)20-13(19)17-7-5-4-6-10-8-11(16)12(15)18-9-10/h8-9H,5,7,16H2,1-3H3,(H,17,19). The summed E-state index contributed by atoms with van der Waals surface area (Å²) >= 11 is 5.71. The molecule has 5 nitrogen and oxygen atoms in total. The van der Waals surface area contributed by atoms with Gasteiger partial charge in [-0.2, -0.15) is 0 Å². The van der Waals surface area contributed by atoms with Crippen molar-refractivity contribution in [3.63, 3.8) is 0 Å². The van der Waals surface area contributed by atoms with E-state index >= 15 is 0 Å². The van der Waals surface area contributed by atoms with E-state index in [0.717, 1.165) is 0 Å². The molecule has 0 saturated heterocycles. The predicted molar refractivity (Wildman–Crippen MR) is 79.4 cm³/mol. The second-order valence-electron chi connectivity index (χ2n) is 5.08. The van der Waals surface area contributed by atoms with Gasteiger partial charge in [-0.15, -0.1) is 0 Å². The third-order valence-electron chi connectivity index (χ3n) is 2.02. The summed E-state index contributed by atoms with van der Waals surface area (Å²) in [5.74, 6) is 5.80. The number of nitrogens with two attached hydrogens (primary N) is 1. The van der Waals surface area contributed by atoms with E-state index in [4.69, 9.17) is 22.1 Å². The molecule has 3 N–H and O–H groups in total. The van der Waals surface area contributed by atoms with Gasteiger partial charge < -0.3 is 15.8 Å². The van der Waals surface area contributed by atoms with Crippen molar-refractivity contribution in [2.45, 2.75) is 32.8 Å². The van der Waals surface area contributed by atoms with Gasteiger partial charge in [0.05, 0.1) is 5.69 Å². The number of halogens is 1. The molecule has 0 bridgehead atoms. The average molecular weight is 296 g/mol. The third kappa shape index (κ3) is 6.30. The molecule has 0 saturated carbocycles. The number of nitrogens with zero attached hydrogens (tertiary/aromatic N) is 1. The molecule has 0 aliphatic heterocycles. The fourth-order valence-electron chi connectivity index (χ4n) is 1.24.